The number of amides is 1. The van der Waals surface area contributed by atoms with E-state index in [0.717, 1.165) is 0 Å². The molecular formula is C6H6N2O2S. The molecule has 0 unspecified atom stereocenters. The van der Waals surface area contributed by atoms with Gasteiger partial charge in [-0.25, -0.2) is 4.79 Å². The zero-order chi connectivity index (χ0) is 8.27. The van der Waals surface area contributed by atoms with E-state index in [9.17, 15) is 4.79 Å². The molecule has 1 aromatic rings. The summed E-state index contributed by atoms with van der Waals surface area (Å²) in [6.07, 6.45) is 1.85. The molecule has 11 heavy (non-hydrogen) atoms. The fourth-order valence-corrected chi connectivity index (χ4v) is 0.804. The molecule has 1 heterocycles. The van der Waals surface area contributed by atoms with Crippen molar-refractivity contribution >= 4 is 24.4 Å². The van der Waals surface area contributed by atoms with Crippen molar-refractivity contribution in [2.45, 2.75) is 4.90 Å². The molecular weight excluding hydrogens is 164 g/mol. The molecule has 1 aromatic heterocycles. The summed E-state index contributed by atoms with van der Waals surface area (Å²) in [5.41, 5.74) is 0.441. The SMILES string of the molecule is O=C(O)Nc1ccncc1S. The maximum Gasteiger partial charge on any atom is 0.409 e. The quantitative estimate of drug-likeness (QED) is 0.559. The zero-order valence-corrected chi connectivity index (χ0v) is 6.38. The topological polar surface area (TPSA) is 62.2 Å². The Hall–Kier alpha value is -1.23. The van der Waals surface area contributed by atoms with E-state index in [-0.39, 0.29) is 0 Å². The predicted molar refractivity (Wildman–Crippen MR) is 43.1 cm³/mol. The largest absolute Gasteiger partial charge is 0.465 e. The molecule has 4 nitrogen and oxygen atoms in total. The van der Waals surface area contributed by atoms with Crippen molar-refractivity contribution in [1.82, 2.24) is 4.98 Å². The second-order valence-corrected chi connectivity index (χ2v) is 2.30. The molecule has 0 aromatic carbocycles. The van der Waals surface area contributed by atoms with Gasteiger partial charge in [-0.1, -0.05) is 0 Å². The first-order chi connectivity index (χ1) is 5.20. The number of hydrogen-bond donors (Lipinski definition) is 3. The molecule has 0 atom stereocenters. The van der Waals surface area contributed by atoms with E-state index in [0.29, 0.717) is 10.6 Å². The van der Waals surface area contributed by atoms with Gasteiger partial charge in [-0.2, -0.15) is 0 Å². The van der Waals surface area contributed by atoms with Gasteiger partial charge in [0.1, 0.15) is 0 Å². The Kier molecular flexibility index (Phi) is 2.32. The third-order valence-electron chi connectivity index (χ3n) is 1.04. The lowest BCUT2D eigenvalue weighted by Crippen LogP contribution is -2.07. The van der Waals surface area contributed by atoms with Crippen LogP contribution >= 0.6 is 12.6 Å². The van der Waals surface area contributed by atoms with Crippen LogP contribution in [0.2, 0.25) is 0 Å². The van der Waals surface area contributed by atoms with Gasteiger partial charge in [0.2, 0.25) is 0 Å². The van der Waals surface area contributed by atoms with Crippen LogP contribution in [0.4, 0.5) is 10.5 Å². The van der Waals surface area contributed by atoms with Gasteiger partial charge >= 0.3 is 6.09 Å². The summed E-state index contributed by atoms with van der Waals surface area (Å²) in [5, 5.41) is 10.5. The van der Waals surface area contributed by atoms with E-state index in [2.05, 4.69) is 22.9 Å². The smallest absolute Gasteiger partial charge is 0.409 e. The summed E-state index contributed by atoms with van der Waals surface area (Å²) in [4.78, 5) is 14.4. The molecule has 0 fully saturated rings. The minimum absolute atomic E-state index is 0.441. The molecule has 0 aliphatic carbocycles. The van der Waals surface area contributed by atoms with Crippen molar-refractivity contribution in [3.8, 4) is 0 Å². The molecule has 0 saturated carbocycles. The van der Waals surface area contributed by atoms with Crippen molar-refractivity contribution in [2.24, 2.45) is 0 Å². The third-order valence-corrected chi connectivity index (χ3v) is 1.40. The molecule has 1 rings (SSSR count). The van der Waals surface area contributed by atoms with Crippen molar-refractivity contribution < 1.29 is 9.90 Å². The average Bonchev–Trinajstić information content (AvgIpc) is 1.93. The standard InChI is InChI=1S/C6H6N2O2S/c9-6(10)8-4-1-2-7-3-5(4)11/h1-3,11H,(H,7,8)(H,9,10). The van der Waals surface area contributed by atoms with Crippen LogP contribution in [0.3, 0.4) is 0 Å². The van der Waals surface area contributed by atoms with Gasteiger partial charge in [0.05, 0.1) is 5.69 Å². The number of pyridine rings is 1. The highest BCUT2D eigenvalue weighted by atomic mass is 32.1. The summed E-state index contributed by atoms with van der Waals surface area (Å²) in [7, 11) is 0. The van der Waals surface area contributed by atoms with E-state index in [1.54, 1.807) is 0 Å². The van der Waals surface area contributed by atoms with E-state index >= 15 is 0 Å². The lowest BCUT2D eigenvalue weighted by atomic mass is 10.4. The lowest BCUT2D eigenvalue weighted by Gasteiger charge is -2.01. The van der Waals surface area contributed by atoms with E-state index < -0.39 is 6.09 Å². The number of rotatable bonds is 1. The summed E-state index contributed by atoms with van der Waals surface area (Å²) in [6.45, 7) is 0. The van der Waals surface area contributed by atoms with Crippen LogP contribution in [0, 0.1) is 0 Å². The van der Waals surface area contributed by atoms with Gasteiger partial charge in [-0.05, 0) is 6.07 Å². The van der Waals surface area contributed by atoms with Crippen LogP contribution in [-0.4, -0.2) is 16.2 Å². The Labute approximate surface area is 68.7 Å². The maximum absolute atomic E-state index is 10.2. The molecule has 0 aliphatic rings. The lowest BCUT2D eigenvalue weighted by molar-refractivity contribution is 0.209. The molecule has 0 aliphatic heterocycles. The summed E-state index contributed by atoms with van der Waals surface area (Å²) in [5.74, 6) is 0. The summed E-state index contributed by atoms with van der Waals surface area (Å²) in [6, 6.07) is 1.54. The molecule has 1 amide bonds. The minimum atomic E-state index is -1.11. The molecule has 0 radical (unpaired) electrons. The fourth-order valence-electron chi connectivity index (χ4n) is 0.607. The van der Waals surface area contributed by atoms with Gasteiger partial charge in [-0.3, -0.25) is 10.3 Å². The zero-order valence-electron chi connectivity index (χ0n) is 5.48. The Morgan fingerprint density at radius 3 is 3.00 bits per heavy atom. The van der Waals surface area contributed by atoms with Gasteiger partial charge in [0, 0.05) is 17.3 Å². The van der Waals surface area contributed by atoms with Gasteiger partial charge < -0.3 is 5.11 Å². The third kappa shape index (κ3) is 2.12. The van der Waals surface area contributed by atoms with Crippen LogP contribution in [0.5, 0.6) is 0 Å². The number of thiol groups is 1. The first-order valence-electron chi connectivity index (χ1n) is 2.83. The molecule has 0 bridgehead atoms. The number of carbonyl (C=O) groups is 1. The van der Waals surface area contributed by atoms with Crippen molar-refractivity contribution in [2.75, 3.05) is 5.32 Å². The molecule has 2 N–H and O–H groups in total. The highest BCUT2D eigenvalue weighted by molar-refractivity contribution is 7.80. The minimum Gasteiger partial charge on any atom is -0.465 e. The molecule has 0 saturated heterocycles. The number of nitrogens with zero attached hydrogens (tertiary/aromatic N) is 1. The number of carboxylic acid groups (broad SMARTS) is 1. The monoisotopic (exact) mass is 170 g/mol. The maximum atomic E-state index is 10.2. The second kappa shape index (κ2) is 3.25. The van der Waals surface area contributed by atoms with E-state index in [1.807, 2.05) is 0 Å². The Balaban J connectivity index is 2.86. The van der Waals surface area contributed by atoms with E-state index in [4.69, 9.17) is 5.11 Å². The summed E-state index contributed by atoms with van der Waals surface area (Å²) < 4.78 is 0. The summed E-state index contributed by atoms with van der Waals surface area (Å²) >= 11 is 3.98. The number of anilines is 1. The van der Waals surface area contributed by atoms with Crippen LogP contribution in [-0.2, 0) is 0 Å². The van der Waals surface area contributed by atoms with Gasteiger partial charge in [0.25, 0.3) is 0 Å². The van der Waals surface area contributed by atoms with Gasteiger partial charge in [-0.15, -0.1) is 12.6 Å². The van der Waals surface area contributed by atoms with Crippen molar-refractivity contribution in [3.63, 3.8) is 0 Å². The number of aromatic nitrogens is 1. The number of nitrogens with one attached hydrogen (secondary N) is 1. The Morgan fingerprint density at radius 2 is 2.45 bits per heavy atom. The van der Waals surface area contributed by atoms with Crippen molar-refractivity contribution in [1.29, 1.82) is 0 Å². The molecule has 58 valence electrons. The average molecular weight is 170 g/mol. The molecule has 5 heteroatoms. The Morgan fingerprint density at radius 1 is 1.73 bits per heavy atom. The highest BCUT2D eigenvalue weighted by Gasteiger charge is 2.00. The van der Waals surface area contributed by atoms with Crippen LogP contribution in [0.25, 0.3) is 0 Å². The first kappa shape index (κ1) is 7.87. The first-order valence-corrected chi connectivity index (χ1v) is 3.28. The second-order valence-electron chi connectivity index (χ2n) is 1.82. The van der Waals surface area contributed by atoms with Crippen LogP contribution in [0.15, 0.2) is 23.4 Å². The van der Waals surface area contributed by atoms with Crippen LogP contribution in [0.1, 0.15) is 0 Å². The number of hydrogen-bond acceptors (Lipinski definition) is 3. The predicted octanol–water partition coefficient (Wildman–Crippen LogP) is 1.46. The van der Waals surface area contributed by atoms with E-state index in [1.165, 1.54) is 18.5 Å². The highest BCUT2D eigenvalue weighted by Crippen LogP contribution is 2.16. The van der Waals surface area contributed by atoms with Crippen molar-refractivity contribution in [3.05, 3.63) is 18.5 Å². The van der Waals surface area contributed by atoms with Gasteiger partial charge in [0.15, 0.2) is 0 Å². The normalized spacial score (nSPS) is 9.18. The van der Waals surface area contributed by atoms with Crippen LogP contribution < -0.4 is 5.32 Å². The fraction of sp³-hybridized carbons (Fsp3) is 0. The Bertz CT molecular complexity index is 277. The molecule has 0 spiro atoms.